The summed E-state index contributed by atoms with van der Waals surface area (Å²) in [5, 5.41) is 2.88. The molecule has 1 aliphatic heterocycles. The van der Waals surface area contributed by atoms with Gasteiger partial charge in [0.1, 0.15) is 11.9 Å². The summed E-state index contributed by atoms with van der Waals surface area (Å²) in [5.41, 5.74) is 3.46. The van der Waals surface area contributed by atoms with E-state index >= 15 is 0 Å². The van der Waals surface area contributed by atoms with E-state index in [0.29, 0.717) is 61.4 Å². The number of halogens is 1. The second-order valence-corrected chi connectivity index (χ2v) is 9.29. The SMILES string of the molecule is COc1cc(N(Cl)C(=O)CCN2CCC(OC(=O)Nc3ccccc3-c3ccccc3)CC2)ccc1C=O. The van der Waals surface area contributed by atoms with Gasteiger partial charge in [-0.05, 0) is 36.6 Å². The Morgan fingerprint density at radius 2 is 1.76 bits per heavy atom. The van der Waals surface area contributed by atoms with Gasteiger partial charge in [0.25, 0.3) is 0 Å². The van der Waals surface area contributed by atoms with Crippen molar-refractivity contribution in [3.05, 3.63) is 78.4 Å². The first-order valence-electron chi connectivity index (χ1n) is 12.4. The number of carbonyl (C=O) groups excluding carboxylic acids is 3. The van der Waals surface area contributed by atoms with Gasteiger partial charge in [0, 0.05) is 49.5 Å². The van der Waals surface area contributed by atoms with Crippen LogP contribution in [0.25, 0.3) is 11.1 Å². The number of para-hydroxylation sites is 1. The summed E-state index contributed by atoms with van der Waals surface area (Å²) >= 11 is 6.25. The molecule has 0 aliphatic carbocycles. The molecule has 1 aliphatic rings. The van der Waals surface area contributed by atoms with Crippen LogP contribution in [0.2, 0.25) is 0 Å². The molecule has 3 aromatic rings. The highest BCUT2D eigenvalue weighted by atomic mass is 35.5. The van der Waals surface area contributed by atoms with Crippen molar-refractivity contribution in [1.29, 1.82) is 0 Å². The zero-order valence-corrected chi connectivity index (χ0v) is 21.9. The number of nitrogens with one attached hydrogen (secondary N) is 1. The van der Waals surface area contributed by atoms with Crippen LogP contribution in [0.3, 0.4) is 0 Å². The van der Waals surface area contributed by atoms with Crippen molar-refractivity contribution >= 4 is 41.4 Å². The number of piperidine rings is 1. The lowest BCUT2D eigenvalue weighted by molar-refractivity contribution is -0.117. The smallest absolute Gasteiger partial charge is 0.411 e. The Balaban J connectivity index is 1.23. The predicted octanol–water partition coefficient (Wildman–Crippen LogP) is 5.76. The molecule has 38 heavy (non-hydrogen) atoms. The van der Waals surface area contributed by atoms with Gasteiger partial charge < -0.3 is 14.4 Å². The topological polar surface area (TPSA) is 88.2 Å². The highest BCUT2D eigenvalue weighted by molar-refractivity contribution is 6.36. The van der Waals surface area contributed by atoms with Gasteiger partial charge in [0.15, 0.2) is 6.29 Å². The summed E-state index contributed by atoms with van der Waals surface area (Å²) in [4.78, 5) is 38.5. The second kappa shape index (κ2) is 13.1. The zero-order chi connectivity index (χ0) is 26.9. The fourth-order valence-electron chi connectivity index (χ4n) is 4.42. The van der Waals surface area contributed by atoms with E-state index in [0.717, 1.165) is 15.5 Å². The standard InChI is InChI=1S/C29H30ClN3O5/c1-37-27-19-23(12-11-22(27)20-34)33(30)28(35)15-18-32-16-13-24(14-17-32)38-29(36)31-26-10-6-5-9-25(26)21-7-3-2-4-8-21/h2-12,19-20,24H,13-18H2,1H3,(H,31,36). The van der Waals surface area contributed by atoms with Gasteiger partial charge in [-0.3, -0.25) is 14.9 Å². The summed E-state index contributed by atoms with van der Waals surface area (Å²) in [5.74, 6) is 0.0908. The monoisotopic (exact) mass is 535 g/mol. The van der Waals surface area contributed by atoms with Gasteiger partial charge in [0.2, 0.25) is 5.91 Å². The van der Waals surface area contributed by atoms with E-state index in [1.807, 2.05) is 54.6 Å². The maximum atomic E-state index is 12.6. The first-order chi connectivity index (χ1) is 18.5. The lowest BCUT2D eigenvalue weighted by Crippen LogP contribution is -2.40. The summed E-state index contributed by atoms with van der Waals surface area (Å²) < 4.78 is 11.9. The number of amides is 2. The number of nitrogens with zero attached hydrogens (tertiary/aromatic N) is 2. The number of likely N-dealkylation sites (tertiary alicyclic amines) is 1. The van der Waals surface area contributed by atoms with E-state index in [1.165, 1.54) is 7.11 Å². The van der Waals surface area contributed by atoms with Crippen molar-refractivity contribution in [3.63, 3.8) is 0 Å². The van der Waals surface area contributed by atoms with E-state index in [1.54, 1.807) is 18.2 Å². The normalized spacial score (nSPS) is 13.9. The number of methoxy groups -OCH3 is 1. The van der Waals surface area contributed by atoms with Crippen molar-refractivity contribution in [2.75, 3.05) is 36.5 Å². The minimum absolute atomic E-state index is 0.195. The molecule has 198 valence electrons. The molecule has 1 heterocycles. The molecule has 0 unspecified atom stereocenters. The number of aldehydes is 1. The Morgan fingerprint density at radius 3 is 2.47 bits per heavy atom. The van der Waals surface area contributed by atoms with E-state index in [4.69, 9.17) is 21.3 Å². The Kier molecular flexibility index (Phi) is 9.35. The maximum Gasteiger partial charge on any atom is 0.411 e. The molecule has 1 saturated heterocycles. The van der Waals surface area contributed by atoms with Gasteiger partial charge in [-0.25, -0.2) is 9.21 Å². The number of hydrogen-bond acceptors (Lipinski definition) is 6. The second-order valence-electron chi connectivity index (χ2n) is 8.95. The molecule has 1 fully saturated rings. The van der Waals surface area contributed by atoms with Crippen LogP contribution in [0.15, 0.2) is 72.8 Å². The fourth-order valence-corrected chi connectivity index (χ4v) is 4.61. The molecule has 9 heteroatoms. The quantitative estimate of drug-likeness (QED) is 0.277. The van der Waals surface area contributed by atoms with Gasteiger partial charge in [-0.2, -0.15) is 0 Å². The molecular formula is C29H30ClN3O5. The molecule has 4 rings (SSSR count). The van der Waals surface area contributed by atoms with Gasteiger partial charge >= 0.3 is 6.09 Å². The number of benzene rings is 3. The van der Waals surface area contributed by atoms with E-state index < -0.39 is 6.09 Å². The van der Waals surface area contributed by atoms with E-state index in [-0.39, 0.29) is 18.4 Å². The molecule has 3 aromatic carbocycles. The van der Waals surface area contributed by atoms with Crippen LogP contribution < -0.4 is 14.5 Å². The Hall–Kier alpha value is -3.88. The summed E-state index contributed by atoms with van der Waals surface area (Å²) in [6.07, 6.45) is 1.59. The molecule has 0 atom stereocenters. The summed E-state index contributed by atoms with van der Waals surface area (Å²) in [7, 11) is 1.45. The molecule has 0 bridgehead atoms. The summed E-state index contributed by atoms with van der Waals surface area (Å²) in [6.45, 7) is 1.95. The highest BCUT2D eigenvalue weighted by Gasteiger charge is 2.24. The third-order valence-electron chi connectivity index (χ3n) is 6.49. The molecule has 0 radical (unpaired) electrons. The highest BCUT2D eigenvalue weighted by Crippen LogP contribution is 2.28. The average Bonchev–Trinajstić information content (AvgIpc) is 2.96. The Morgan fingerprint density at radius 1 is 1.05 bits per heavy atom. The van der Waals surface area contributed by atoms with Crippen LogP contribution in [0.1, 0.15) is 29.6 Å². The van der Waals surface area contributed by atoms with E-state index in [9.17, 15) is 14.4 Å². The zero-order valence-electron chi connectivity index (χ0n) is 21.1. The maximum absolute atomic E-state index is 12.6. The number of anilines is 2. The lowest BCUT2D eigenvalue weighted by Gasteiger charge is -2.31. The van der Waals surface area contributed by atoms with Crippen molar-refractivity contribution in [1.82, 2.24) is 4.90 Å². The minimum Gasteiger partial charge on any atom is -0.496 e. The van der Waals surface area contributed by atoms with Crippen molar-refractivity contribution in [2.24, 2.45) is 0 Å². The van der Waals surface area contributed by atoms with Crippen LogP contribution in [0.4, 0.5) is 16.2 Å². The van der Waals surface area contributed by atoms with Crippen LogP contribution >= 0.6 is 11.8 Å². The van der Waals surface area contributed by atoms with Gasteiger partial charge in [0.05, 0.1) is 24.0 Å². The first-order valence-corrected chi connectivity index (χ1v) is 12.8. The van der Waals surface area contributed by atoms with Gasteiger partial charge in [-0.15, -0.1) is 0 Å². The number of carbonyl (C=O) groups is 3. The number of hydrogen-bond donors (Lipinski definition) is 1. The van der Waals surface area contributed by atoms with Crippen molar-refractivity contribution in [2.45, 2.75) is 25.4 Å². The molecule has 0 spiro atoms. The van der Waals surface area contributed by atoms with Gasteiger partial charge in [-0.1, -0.05) is 48.5 Å². The minimum atomic E-state index is -0.476. The predicted molar refractivity (Wildman–Crippen MR) is 148 cm³/mol. The molecular weight excluding hydrogens is 506 g/mol. The first kappa shape index (κ1) is 27.2. The third kappa shape index (κ3) is 6.90. The number of ether oxygens (including phenoxy) is 2. The Bertz CT molecular complexity index is 1260. The average molecular weight is 536 g/mol. The van der Waals surface area contributed by atoms with Crippen LogP contribution in [0.5, 0.6) is 5.75 Å². The van der Waals surface area contributed by atoms with Crippen LogP contribution in [0, 0.1) is 0 Å². The van der Waals surface area contributed by atoms with Crippen molar-refractivity contribution < 1.29 is 23.9 Å². The molecule has 8 nitrogen and oxygen atoms in total. The molecule has 2 amide bonds. The van der Waals surface area contributed by atoms with E-state index in [2.05, 4.69) is 10.2 Å². The number of rotatable bonds is 9. The molecule has 1 N–H and O–H groups in total. The van der Waals surface area contributed by atoms with Crippen LogP contribution in [-0.4, -0.2) is 56.0 Å². The molecule has 0 saturated carbocycles. The van der Waals surface area contributed by atoms with Crippen LogP contribution in [-0.2, 0) is 9.53 Å². The fraction of sp³-hybridized carbons (Fsp3) is 0.276. The summed E-state index contributed by atoms with van der Waals surface area (Å²) in [6, 6.07) is 22.2. The Labute approximate surface area is 227 Å². The third-order valence-corrected chi connectivity index (χ3v) is 6.87. The largest absolute Gasteiger partial charge is 0.496 e. The lowest BCUT2D eigenvalue weighted by atomic mass is 10.0. The van der Waals surface area contributed by atoms with Crippen molar-refractivity contribution in [3.8, 4) is 16.9 Å². The molecule has 0 aromatic heterocycles.